The summed E-state index contributed by atoms with van der Waals surface area (Å²) < 4.78 is 11.5. The van der Waals surface area contributed by atoms with E-state index in [0.717, 1.165) is 17.2 Å². The van der Waals surface area contributed by atoms with E-state index in [1.54, 1.807) is 0 Å². The lowest BCUT2D eigenvalue weighted by Gasteiger charge is -2.26. The van der Waals surface area contributed by atoms with Crippen LogP contribution in [-0.4, -0.2) is 19.3 Å². The first-order chi connectivity index (χ1) is 9.28. The number of nitrogens with two attached hydrogens (primary N) is 1. The average Bonchev–Trinajstić information content (AvgIpc) is 2.44. The van der Waals surface area contributed by atoms with Crippen LogP contribution in [0.15, 0.2) is 24.3 Å². The lowest BCUT2D eigenvalue weighted by atomic mass is 9.89. The van der Waals surface area contributed by atoms with Crippen molar-refractivity contribution in [2.45, 2.75) is 45.3 Å². The minimum Gasteiger partial charge on any atom is -0.491 e. The smallest absolute Gasteiger partial charge is 0.119 e. The number of rotatable bonds is 6. The second-order valence-electron chi connectivity index (χ2n) is 5.46. The number of hydrogen-bond acceptors (Lipinski definition) is 3. The van der Waals surface area contributed by atoms with E-state index < -0.39 is 0 Å². The highest BCUT2D eigenvalue weighted by Gasteiger charge is 2.18. The molecule has 0 heterocycles. The fraction of sp³-hybridized carbons (Fsp3) is 0.625. The molecule has 1 aliphatic carbocycles. The van der Waals surface area contributed by atoms with E-state index in [0.29, 0.717) is 25.9 Å². The minimum absolute atomic E-state index is 0.437. The fourth-order valence-corrected chi connectivity index (χ4v) is 2.63. The van der Waals surface area contributed by atoms with Gasteiger partial charge in [0.2, 0.25) is 0 Å². The molecule has 2 N–H and O–H groups in total. The molecule has 2 unspecified atom stereocenters. The second kappa shape index (κ2) is 7.51. The maximum Gasteiger partial charge on any atom is 0.119 e. The van der Waals surface area contributed by atoms with Crippen LogP contribution >= 0.6 is 0 Å². The maximum absolute atomic E-state index is 5.87. The molecule has 106 valence electrons. The standard InChI is InChI=1S/C16H25NO2/c1-13-3-2-4-16(11-13)19-10-9-18-15-7-5-14(12-17)6-8-15/h5-8,13,16H,2-4,9-12,17H2,1H3. The Morgan fingerprint density at radius 3 is 2.63 bits per heavy atom. The molecule has 0 radical (unpaired) electrons. The Labute approximate surface area is 116 Å². The average molecular weight is 263 g/mol. The Kier molecular flexibility index (Phi) is 5.67. The van der Waals surface area contributed by atoms with Gasteiger partial charge in [0.05, 0.1) is 12.7 Å². The molecule has 3 nitrogen and oxygen atoms in total. The van der Waals surface area contributed by atoms with Gasteiger partial charge in [-0.2, -0.15) is 0 Å². The van der Waals surface area contributed by atoms with Crippen LogP contribution < -0.4 is 10.5 Å². The van der Waals surface area contributed by atoms with Crippen molar-refractivity contribution < 1.29 is 9.47 Å². The highest BCUT2D eigenvalue weighted by Crippen LogP contribution is 2.25. The van der Waals surface area contributed by atoms with E-state index in [-0.39, 0.29) is 0 Å². The molecule has 0 aromatic heterocycles. The summed E-state index contributed by atoms with van der Waals surface area (Å²) >= 11 is 0. The van der Waals surface area contributed by atoms with Crippen molar-refractivity contribution in [1.29, 1.82) is 0 Å². The normalized spacial score (nSPS) is 23.3. The maximum atomic E-state index is 5.87. The second-order valence-corrected chi connectivity index (χ2v) is 5.46. The van der Waals surface area contributed by atoms with Gasteiger partial charge in [0, 0.05) is 6.54 Å². The van der Waals surface area contributed by atoms with Crippen molar-refractivity contribution in [2.24, 2.45) is 11.7 Å². The summed E-state index contributed by atoms with van der Waals surface area (Å²) in [6.07, 6.45) is 5.49. The van der Waals surface area contributed by atoms with Crippen LogP contribution in [0.3, 0.4) is 0 Å². The van der Waals surface area contributed by atoms with Crippen molar-refractivity contribution in [3.63, 3.8) is 0 Å². The molecule has 1 saturated carbocycles. The topological polar surface area (TPSA) is 44.5 Å². The molecule has 3 heteroatoms. The Hall–Kier alpha value is -1.06. The Morgan fingerprint density at radius 1 is 1.16 bits per heavy atom. The van der Waals surface area contributed by atoms with Crippen LogP contribution in [0.25, 0.3) is 0 Å². The van der Waals surface area contributed by atoms with Gasteiger partial charge in [0.15, 0.2) is 0 Å². The summed E-state index contributed by atoms with van der Waals surface area (Å²) in [4.78, 5) is 0. The summed E-state index contributed by atoms with van der Waals surface area (Å²) in [5, 5.41) is 0. The largest absolute Gasteiger partial charge is 0.491 e. The van der Waals surface area contributed by atoms with Crippen LogP contribution in [0.1, 0.15) is 38.2 Å². The van der Waals surface area contributed by atoms with E-state index >= 15 is 0 Å². The molecule has 0 spiro atoms. The minimum atomic E-state index is 0.437. The van der Waals surface area contributed by atoms with Crippen molar-refractivity contribution in [1.82, 2.24) is 0 Å². The van der Waals surface area contributed by atoms with Gasteiger partial charge in [-0.05, 0) is 36.5 Å². The van der Waals surface area contributed by atoms with E-state index in [9.17, 15) is 0 Å². The van der Waals surface area contributed by atoms with Gasteiger partial charge in [-0.3, -0.25) is 0 Å². The molecule has 1 aromatic carbocycles. The van der Waals surface area contributed by atoms with E-state index in [4.69, 9.17) is 15.2 Å². The first kappa shape index (κ1) is 14.4. The summed E-state index contributed by atoms with van der Waals surface area (Å²) in [5.74, 6) is 1.70. The number of hydrogen-bond donors (Lipinski definition) is 1. The van der Waals surface area contributed by atoms with Crippen molar-refractivity contribution in [3.05, 3.63) is 29.8 Å². The molecule has 1 aliphatic rings. The number of benzene rings is 1. The van der Waals surface area contributed by atoms with Gasteiger partial charge < -0.3 is 15.2 Å². The molecule has 19 heavy (non-hydrogen) atoms. The zero-order chi connectivity index (χ0) is 13.5. The SMILES string of the molecule is CC1CCCC(OCCOc2ccc(CN)cc2)C1. The molecule has 1 fully saturated rings. The van der Waals surface area contributed by atoms with Crippen LogP contribution in [0, 0.1) is 5.92 Å². The molecule has 1 aromatic rings. The third kappa shape index (κ3) is 4.84. The zero-order valence-electron chi connectivity index (χ0n) is 11.8. The lowest BCUT2D eigenvalue weighted by Crippen LogP contribution is -2.23. The van der Waals surface area contributed by atoms with Gasteiger partial charge >= 0.3 is 0 Å². The quantitative estimate of drug-likeness (QED) is 0.802. The molecule has 0 aliphatic heterocycles. The highest BCUT2D eigenvalue weighted by molar-refractivity contribution is 5.26. The first-order valence-corrected chi connectivity index (χ1v) is 7.31. The molecular formula is C16H25NO2. The van der Waals surface area contributed by atoms with E-state index in [2.05, 4.69) is 6.92 Å². The Bertz CT molecular complexity index is 364. The lowest BCUT2D eigenvalue weighted by molar-refractivity contribution is 0.00196. The van der Waals surface area contributed by atoms with E-state index in [1.807, 2.05) is 24.3 Å². The summed E-state index contributed by atoms with van der Waals surface area (Å²) in [5.41, 5.74) is 6.68. The molecule has 2 atom stereocenters. The van der Waals surface area contributed by atoms with Gasteiger partial charge in [-0.25, -0.2) is 0 Å². The third-order valence-electron chi connectivity index (χ3n) is 3.75. The highest BCUT2D eigenvalue weighted by atomic mass is 16.5. The summed E-state index contributed by atoms with van der Waals surface area (Å²) in [6.45, 7) is 4.18. The first-order valence-electron chi connectivity index (χ1n) is 7.31. The monoisotopic (exact) mass is 263 g/mol. The van der Waals surface area contributed by atoms with Crippen molar-refractivity contribution >= 4 is 0 Å². The molecule has 2 rings (SSSR count). The molecule has 0 bridgehead atoms. The Balaban J connectivity index is 1.63. The van der Waals surface area contributed by atoms with Gasteiger partial charge in [0.1, 0.15) is 12.4 Å². The van der Waals surface area contributed by atoms with Crippen molar-refractivity contribution in [2.75, 3.05) is 13.2 Å². The molecule has 0 saturated heterocycles. The summed E-state index contributed by atoms with van der Waals surface area (Å²) in [7, 11) is 0. The van der Waals surface area contributed by atoms with E-state index in [1.165, 1.54) is 25.7 Å². The predicted molar refractivity (Wildman–Crippen MR) is 77.2 cm³/mol. The third-order valence-corrected chi connectivity index (χ3v) is 3.75. The molecular weight excluding hydrogens is 238 g/mol. The molecule has 0 amide bonds. The van der Waals surface area contributed by atoms with Gasteiger partial charge in [-0.15, -0.1) is 0 Å². The van der Waals surface area contributed by atoms with Crippen molar-refractivity contribution in [3.8, 4) is 5.75 Å². The zero-order valence-corrected chi connectivity index (χ0v) is 11.8. The van der Waals surface area contributed by atoms with Gasteiger partial charge in [0.25, 0.3) is 0 Å². The van der Waals surface area contributed by atoms with Crippen LogP contribution in [0.5, 0.6) is 5.75 Å². The van der Waals surface area contributed by atoms with Gasteiger partial charge in [-0.1, -0.05) is 31.9 Å². The van der Waals surface area contributed by atoms with Crippen LogP contribution in [0.4, 0.5) is 0 Å². The number of ether oxygens (including phenoxy) is 2. The predicted octanol–water partition coefficient (Wildman–Crippen LogP) is 3.12. The summed E-state index contributed by atoms with van der Waals surface area (Å²) in [6, 6.07) is 7.92. The fourth-order valence-electron chi connectivity index (χ4n) is 2.63. The van der Waals surface area contributed by atoms with Crippen LogP contribution in [0.2, 0.25) is 0 Å². The Morgan fingerprint density at radius 2 is 1.95 bits per heavy atom. The van der Waals surface area contributed by atoms with Crippen LogP contribution in [-0.2, 0) is 11.3 Å².